The SMILES string of the molecule is [CH2][C@H](N)c1ccc(Cl)c(-n2ncnc2C(F)F)c1. The van der Waals surface area contributed by atoms with Crippen molar-refractivity contribution in [3.05, 3.63) is 47.9 Å². The van der Waals surface area contributed by atoms with Crippen molar-refractivity contribution in [1.29, 1.82) is 0 Å². The van der Waals surface area contributed by atoms with E-state index in [4.69, 9.17) is 17.3 Å². The number of hydrogen-bond donors (Lipinski definition) is 1. The molecule has 0 aliphatic carbocycles. The van der Waals surface area contributed by atoms with E-state index in [1.54, 1.807) is 18.2 Å². The summed E-state index contributed by atoms with van der Waals surface area (Å²) in [6, 6.07) is 4.34. The Hall–Kier alpha value is -1.53. The highest BCUT2D eigenvalue weighted by Crippen LogP contribution is 2.26. The smallest absolute Gasteiger partial charge is 0.297 e. The number of hydrogen-bond acceptors (Lipinski definition) is 3. The maximum atomic E-state index is 12.7. The van der Waals surface area contributed by atoms with Crippen molar-refractivity contribution in [2.45, 2.75) is 12.5 Å². The van der Waals surface area contributed by atoms with Gasteiger partial charge < -0.3 is 5.73 Å². The monoisotopic (exact) mass is 271 g/mol. The quantitative estimate of drug-likeness (QED) is 0.934. The van der Waals surface area contributed by atoms with Crippen LogP contribution in [-0.2, 0) is 0 Å². The Morgan fingerprint density at radius 2 is 2.11 bits per heavy atom. The summed E-state index contributed by atoms with van der Waals surface area (Å²) in [4.78, 5) is 3.50. The fraction of sp³-hybridized carbons (Fsp3) is 0.182. The molecule has 0 unspecified atom stereocenters. The van der Waals surface area contributed by atoms with Crippen molar-refractivity contribution >= 4 is 11.6 Å². The lowest BCUT2D eigenvalue weighted by Gasteiger charge is -2.11. The molecule has 2 rings (SSSR count). The zero-order valence-corrected chi connectivity index (χ0v) is 9.98. The van der Waals surface area contributed by atoms with Gasteiger partial charge in [0.2, 0.25) is 0 Å². The third-order valence-corrected chi connectivity index (χ3v) is 2.72. The van der Waals surface area contributed by atoms with Crippen molar-refractivity contribution in [3.8, 4) is 5.69 Å². The summed E-state index contributed by atoms with van der Waals surface area (Å²) in [6.45, 7) is 3.66. The maximum absolute atomic E-state index is 12.7. The first-order valence-electron chi connectivity index (χ1n) is 5.07. The number of halogens is 3. The molecule has 0 fully saturated rings. The van der Waals surface area contributed by atoms with Crippen LogP contribution in [0.1, 0.15) is 23.9 Å². The number of nitrogens with two attached hydrogens (primary N) is 1. The summed E-state index contributed by atoms with van der Waals surface area (Å²) in [5.41, 5.74) is 6.61. The van der Waals surface area contributed by atoms with Gasteiger partial charge in [-0.2, -0.15) is 5.10 Å². The van der Waals surface area contributed by atoms with E-state index in [0.29, 0.717) is 11.3 Å². The van der Waals surface area contributed by atoms with E-state index in [-0.39, 0.29) is 5.02 Å². The Labute approximate surface area is 107 Å². The Morgan fingerprint density at radius 3 is 2.72 bits per heavy atom. The summed E-state index contributed by atoms with van der Waals surface area (Å²) < 4.78 is 26.5. The van der Waals surface area contributed by atoms with Crippen LogP contribution in [0.3, 0.4) is 0 Å². The standard InChI is InChI=1S/C11H10ClF2N4/c1-6(15)7-2-3-8(12)9(4-7)18-11(10(13)14)16-5-17-18/h2-6,10H,1,15H2/t6-/m0/s1. The molecule has 95 valence electrons. The molecule has 1 aromatic heterocycles. The summed E-state index contributed by atoms with van der Waals surface area (Å²) in [6.07, 6.45) is -1.69. The molecule has 2 N–H and O–H groups in total. The number of aromatic nitrogens is 3. The van der Waals surface area contributed by atoms with Gasteiger partial charge in [0, 0.05) is 6.04 Å². The molecule has 4 nitrogen and oxygen atoms in total. The lowest BCUT2D eigenvalue weighted by molar-refractivity contribution is 0.137. The van der Waals surface area contributed by atoms with Crippen LogP contribution in [-0.4, -0.2) is 14.8 Å². The van der Waals surface area contributed by atoms with Crippen LogP contribution in [0.15, 0.2) is 24.5 Å². The van der Waals surface area contributed by atoms with Crippen LogP contribution in [0, 0.1) is 6.92 Å². The molecule has 2 aromatic rings. The fourth-order valence-electron chi connectivity index (χ4n) is 1.51. The van der Waals surface area contributed by atoms with Gasteiger partial charge in [-0.3, -0.25) is 0 Å². The largest absolute Gasteiger partial charge is 0.324 e. The molecule has 0 saturated heterocycles. The number of rotatable bonds is 3. The summed E-state index contributed by atoms with van der Waals surface area (Å²) >= 11 is 5.97. The third-order valence-electron chi connectivity index (χ3n) is 2.40. The van der Waals surface area contributed by atoms with Crippen molar-refractivity contribution < 1.29 is 8.78 Å². The van der Waals surface area contributed by atoms with E-state index in [0.717, 1.165) is 11.0 Å². The lowest BCUT2D eigenvalue weighted by Crippen LogP contribution is -2.09. The molecule has 0 bridgehead atoms. The fourth-order valence-corrected chi connectivity index (χ4v) is 1.71. The second kappa shape index (κ2) is 4.99. The van der Waals surface area contributed by atoms with Crippen molar-refractivity contribution in [3.63, 3.8) is 0 Å². The average Bonchev–Trinajstić information content (AvgIpc) is 2.78. The van der Waals surface area contributed by atoms with Gasteiger partial charge >= 0.3 is 0 Å². The molecule has 1 atom stereocenters. The van der Waals surface area contributed by atoms with Crippen molar-refractivity contribution in [1.82, 2.24) is 14.8 Å². The van der Waals surface area contributed by atoms with Gasteiger partial charge in [0.05, 0.1) is 10.7 Å². The first-order valence-corrected chi connectivity index (χ1v) is 5.45. The van der Waals surface area contributed by atoms with Crippen LogP contribution in [0.25, 0.3) is 5.69 Å². The van der Waals surface area contributed by atoms with Crippen molar-refractivity contribution in [2.24, 2.45) is 5.73 Å². The van der Waals surface area contributed by atoms with E-state index in [9.17, 15) is 8.78 Å². The van der Waals surface area contributed by atoms with E-state index in [2.05, 4.69) is 17.0 Å². The maximum Gasteiger partial charge on any atom is 0.297 e. The van der Waals surface area contributed by atoms with Gasteiger partial charge in [0.1, 0.15) is 6.33 Å². The van der Waals surface area contributed by atoms with Gasteiger partial charge in [-0.15, -0.1) is 0 Å². The van der Waals surface area contributed by atoms with Crippen LogP contribution < -0.4 is 5.73 Å². The van der Waals surface area contributed by atoms with Gasteiger partial charge in [0.15, 0.2) is 5.82 Å². The summed E-state index contributed by atoms with van der Waals surface area (Å²) in [7, 11) is 0. The van der Waals surface area contributed by atoms with Gasteiger partial charge in [-0.25, -0.2) is 18.4 Å². The van der Waals surface area contributed by atoms with Gasteiger partial charge in [0.25, 0.3) is 6.43 Å². The van der Waals surface area contributed by atoms with Crippen LogP contribution in [0.4, 0.5) is 8.78 Å². The zero-order chi connectivity index (χ0) is 13.3. The second-order valence-electron chi connectivity index (χ2n) is 3.65. The van der Waals surface area contributed by atoms with Crippen LogP contribution in [0.5, 0.6) is 0 Å². The average molecular weight is 272 g/mol. The molecule has 1 heterocycles. The molecule has 1 radical (unpaired) electrons. The highest BCUT2D eigenvalue weighted by atomic mass is 35.5. The van der Waals surface area contributed by atoms with E-state index in [1.165, 1.54) is 0 Å². The van der Waals surface area contributed by atoms with E-state index in [1.807, 2.05) is 0 Å². The van der Waals surface area contributed by atoms with E-state index < -0.39 is 18.3 Å². The third kappa shape index (κ3) is 2.34. The molecular formula is C11H10ClF2N4. The Morgan fingerprint density at radius 1 is 1.39 bits per heavy atom. The summed E-state index contributed by atoms with van der Waals surface area (Å²) in [5, 5.41) is 4.03. The van der Waals surface area contributed by atoms with Crippen LogP contribution in [0.2, 0.25) is 5.02 Å². The minimum atomic E-state index is -2.74. The normalized spacial score (nSPS) is 13.0. The van der Waals surface area contributed by atoms with E-state index >= 15 is 0 Å². The highest BCUT2D eigenvalue weighted by Gasteiger charge is 2.18. The topological polar surface area (TPSA) is 56.7 Å². The molecule has 0 spiro atoms. The first kappa shape index (κ1) is 12.9. The second-order valence-corrected chi connectivity index (χ2v) is 4.06. The molecule has 7 heteroatoms. The molecule has 0 aliphatic heterocycles. The Kier molecular flexibility index (Phi) is 3.58. The predicted molar refractivity (Wildman–Crippen MR) is 63.6 cm³/mol. The van der Waals surface area contributed by atoms with Gasteiger partial charge in [-0.05, 0) is 24.6 Å². The molecule has 0 amide bonds. The number of benzene rings is 1. The van der Waals surface area contributed by atoms with Crippen LogP contribution >= 0.6 is 11.6 Å². The first-order chi connectivity index (χ1) is 8.50. The highest BCUT2D eigenvalue weighted by molar-refractivity contribution is 6.32. The lowest BCUT2D eigenvalue weighted by atomic mass is 10.1. The minimum absolute atomic E-state index is 0.284. The molecule has 0 aliphatic rings. The Bertz CT molecular complexity index is 554. The predicted octanol–water partition coefficient (Wildman–Crippen LogP) is 2.69. The summed E-state index contributed by atoms with van der Waals surface area (Å²) in [5.74, 6) is -0.466. The number of alkyl halides is 2. The Balaban J connectivity index is 2.56. The zero-order valence-electron chi connectivity index (χ0n) is 9.22. The molecule has 0 saturated carbocycles. The van der Waals surface area contributed by atoms with Gasteiger partial charge in [-0.1, -0.05) is 17.7 Å². The molecule has 18 heavy (non-hydrogen) atoms. The minimum Gasteiger partial charge on any atom is -0.324 e. The number of nitrogens with zero attached hydrogens (tertiary/aromatic N) is 3. The molecular weight excluding hydrogens is 262 g/mol. The van der Waals surface area contributed by atoms with Crippen molar-refractivity contribution in [2.75, 3.05) is 0 Å². The molecule has 1 aromatic carbocycles.